The second-order valence-corrected chi connectivity index (χ2v) is 5.37. The summed E-state index contributed by atoms with van der Waals surface area (Å²) in [5.74, 6) is 0.553. The Morgan fingerprint density at radius 1 is 1.29 bits per heavy atom. The molecule has 0 aliphatic heterocycles. The third-order valence-corrected chi connectivity index (χ3v) is 3.76. The van der Waals surface area contributed by atoms with Crippen LogP contribution < -0.4 is 5.73 Å². The maximum atomic E-state index is 5.80. The van der Waals surface area contributed by atoms with E-state index in [9.17, 15) is 0 Å². The van der Waals surface area contributed by atoms with E-state index in [1.165, 1.54) is 18.4 Å². The second-order valence-electron chi connectivity index (χ2n) is 5.37. The van der Waals surface area contributed by atoms with Crippen LogP contribution in [0.5, 0.6) is 0 Å². The SMILES string of the molecule is C=C/C(CN(CC)C(CCC)C/C(C)=C\C)=N\C(N)=C/C. The molecule has 0 aromatic carbocycles. The van der Waals surface area contributed by atoms with Gasteiger partial charge in [0.05, 0.1) is 5.71 Å². The van der Waals surface area contributed by atoms with E-state index in [2.05, 4.69) is 50.2 Å². The number of hydrogen-bond acceptors (Lipinski definition) is 3. The standard InChI is InChI=1S/C18H33N3/c1-7-12-17(13-15(6)8-2)21(11-5)14-16(9-3)20-18(19)10-4/h8-10,17H,3,7,11-14,19H2,1-2,4-6H3/b15-8-,18-10-,20-16+. The Hall–Kier alpha value is -1.35. The average Bonchev–Trinajstić information content (AvgIpc) is 2.50. The minimum atomic E-state index is 0.549. The highest BCUT2D eigenvalue weighted by Gasteiger charge is 2.17. The lowest BCUT2D eigenvalue weighted by atomic mass is 10.0. The first-order valence-electron chi connectivity index (χ1n) is 7.99. The van der Waals surface area contributed by atoms with Gasteiger partial charge in [-0.1, -0.05) is 38.5 Å². The Morgan fingerprint density at radius 3 is 2.38 bits per heavy atom. The first-order chi connectivity index (χ1) is 10.0. The molecular weight excluding hydrogens is 258 g/mol. The average molecular weight is 291 g/mol. The van der Waals surface area contributed by atoms with Crippen LogP contribution in [0.1, 0.15) is 53.9 Å². The van der Waals surface area contributed by atoms with Gasteiger partial charge in [0.15, 0.2) is 0 Å². The zero-order valence-electron chi connectivity index (χ0n) is 14.5. The first-order valence-corrected chi connectivity index (χ1v) is 7.99. The van der Waals surface area contributed by atoms with Crippen LogP contribution >= 0.6 is 0 Å². The van der Waals surface area contributed by atoms with Gasteiger partial charge in [0.1, 0.15) is 5.82 Å². The molecule has 0 aliphatic rings. The van der Waals surface area contributed by atoms with Gasteiger partial charge in [-0.15, -0.1) is 0 Å². The summed E-state index contributed by atoms with van der Waals surface area (Å²) in [6, 6.07) is 0.549. The molecule has 0 fully saturated rings. The number of aliphatic imine (C=N–C) groups is 1. The van der Waals surface area contributed by atoms with Crippen LogP contribution in [0, 0.1) is 0 Å². The topological polar surface area (TPSA) is 41.6 Å². The molecule has 0 saturated heterocycles. The molecule has 0 aromatic heterocycles. The van der Waals surface area contributed by atoms with Crippen molar-refractivity contribution in [1.82, 2.24) is 4.90 Å². The van der Waals surface area contributed by atoms with Gasteiger partial charge in [-0.3, -0.25) is 4.90 Å². The smallest absolute Gasteiger partial charge is 0.119 e. The van der Waals surface area contributed by atoms with E-state index in [1.807, 2.05) is 19.1 Å². The van der Waals surface area contributed by atoms with E-state index in [4.69, 9.17) is 5.73 Å². The molecule has 0 radical (unpaired) electrons. The van der Waals surface area contributed by atoms with Gasteiger partial charge in [0, 0.05) is 12.6 Å². The Labute approximate surface area is 131 Å². The van der Waals surface area contributed by atoms with Crippen LogP contribution in [0.2, 0.25) is 0 Å². The van der Waals surface area contributed by atoms with Crippen molar-refractivity contribution in [2.75, 3.05) is 13.1 Å². The van der Waals surface area contributed by atoms with E-state index in [1.54, 1.807) is 0 Å². The fourth-order valence-electron chi connectivity index (χ4n) is 2.32. The van der Waals surface area contributed by atoms with Gasteiger partial charge in [-0.05, 0) is 52.3 Å². The molecule has 1 unspecified atom stereocenters. The minimum Gasteiger partial charge on any atom is -0.384 e. The zero-order valence-corrected chi connectivity index (χ0v) is 14.5. The lowest BCUT2D eigenvalue weighted by Gasteiger charge is -2.31. The lowest BCUT2D eigenvalue weighted by Crippen LogP contribution is -2.39. The number of allylic oxidation sites excluding steroid dienone is 2. The third kappa shape index (κ3) is 7.86. The number of nitrogens with zero attached hydrogens (tertiary/aromatic N) is 2. The minimum absolute atomic E-state index is 0.549. The molecule has 0 heterocycles. The summed E-state index contributed by atoms with van der Waals surface area (Å²) < 4.78 is 0. The fourth-order valence-corrected chi connectivity index (χ4v) is 2.32. The lowest BCUT2D eigenvalue weighted by molar-refractivity contribution is 0.220. The molecule has 0 rings (SSSR count). The highest BCUT2D eigenvalue weighted by atomic mass is 15.2. The van der Waals surface area contributed by atoms with Gasteiger partial charge < -0.3 is 5.73 Å². The summed E-state index contributed by atoms with van der Waals surface area (Å²) in [5.41, 5.74) is 8.18. The molecule has 3 heteroatoms. The summed E-state index contributed by atoms with van der Waals surface area (Å²) in [7, 11) is 0. The summed E-state index contributed by atoms with van der Waals surface area (Å²) >= 11 is 0. The van der Waals surface area contributed by atoms with Crippen molar-refractivity contribution in [3.05, 3.63) is 36.2 Å². The van der Waals surface area contributed by atoms with Gasteiger partial charge in [-0.25, -0.2) is 4.99 Å². The highest BCUT2D eigenvalue weighted by molar-refractivity contribution is 5.96. The Balaban J connectivity index is 5.06. The van der Waals surface area contributed by atoms with Crippen LogP contribution in [0.15, 0.2) is 41.2 Å². The van der Waals surface area contributed by atoms with Crippen molar-refractivity contribution in [2.24, 2.45) is 10.7 Å². The Kier molecular flexibility index (Phi) is 10.6. The van der Waals surface area contributed by atoms with Gasteiger partial charge in [0.25, 0.3) is 0 Å². The van der Waals surface area contributed by atoms with E-state index >= 15 is 0 Å². The predicted molar refractivity (Wildman–Crippen MR) is 95.6 cm³/mol. The maximum Gasteiger partial charge on any atom is 0.119 e. The quantitative estimate of drug-likeness (QED) is 0.482. The van der Waals surface area contributed by atoms with Gasteiger partial charge in [-0.2, -0.15) is 0 Å². The molecule has 120 valence electrons. The molecular formula is C18H33N3. The number of rotatable bonds is 10. The van der Waals surface area contributed by atoms with Crippen LogP contribution in [-0.2, 0) is 0 Å². The molecule has 0 aromatic rings. The molecule has 1 atom stereocenters. The fraction of sp³-hybridized carbons (Fsp3) is 0.611. The molecule has 0 saturated carbocycles. The molecule has 0 bridgehead atoms. The zero-order chi connectivity index (χ0) is 16.3. The summed E-state index contributed by atoms with van der Waals surface area (Å²) in [6.45, 7) is 16.3. The largest absolute Gasteiger partial charge is 0.384 e. The molecule has 0 aliphatic carbocycles. The molecule has 3 nitrogen and oxygen atoms in total. The summed E-state index contributed by atoms with van der Waals surface area (Å²) in [5, 5.41) is 0. The van der Waals surface area contributed by atoms with Crippen molar-refractivity contribution in [3.8, 4) is 0 Å². The normalized spacial score (nSPS) is 15.4. The van der Waals surface area contributed by atoms with Crippen molar-refractivity contribution in [1.29, 1.82) is 0 Å². The van der Waals surface area contributed by atoms with Crippen molar-refractivity contribution >= 4 is 5.71 Å². The Morgan fingerprint density at radius 2 is 1.95 bits per heavy atom. The number of hydrogen-bond donors (Lipinski definition) is 1. The Bertz CT molecular complexity index is 391. The van der Waals surface area contributed by atoms with E-state index in [-0.39, 0.29) is 0 Å². The highest BCUT2D eigenvalue weighted by Crippen LogP contribution is 2.16. The van der Waals surface area contributed by atoms with Gasteiger partial charge >= 0.3 is 0 Å². The monoisotopic (exact) mass is 291 g/mol. The van der Waals surface area contributed by atoms with Crippen LogP contribution in [0.25, 0.3) is 0 Å². The summed E-state index contributed by atoms with van der Waals surface area (Å²) in [6.07, 6.45) is 9.33. The summed E-state index contributed by atoms with van der Waals surface area (Å²) in [4.78, 5) is 6.90. The van der Waals surface area contributed by atoms with E-state index in [0.29, 0.717) is 11.9 Å². The third-order valence-electron chi connectivity index (χ3n) is 3.76. The van der Waals surface area contributed by atoms with Crippen LogP contribution in [0.4, 0.5) is 0 Å². The van der Waals surface area contributed by atoms with E-state index < -0.39 is 0 Å². The molecule has 0 amide bonds. The number of nitrogens with two attached hydrogens (primary N) is 1. The van der Waals surface area contributed by atoms with Crippen molar-refractivity contribution in [3.63, 3.8) is 0 Å². The molecule has 21 heavy (non-hydrogen) atoms. The predicted octanol–water partition coefficient (Wildman–Crippen LogP) is 4.28. The first kappa shape index (κ1) is 19.7. The molecule has 0 spiro atoms. The van der Waals surface area contributed by atoms with Crippen molar-refractivity contribution in [2.45, 2.75) is 59.9 Å². The van der Waals surface area contributed by atoms with Crippen molar-refractivity contribution < 1.29 is 0 Å². The van der Waals surface area contributed by atoms with Crippen LogP contribution in [-0.4, -0.2) is 29.7 Å². The maximum absolute atomic E-state index is 5.80. The second kappa shape index (κ2) is 11.3. The van der Waals surface area contributed by atoms with E-state index in [0.717, 1.165) is 25.2 Å². The van der Waals surface area contributed by atoms with Gasteiger partial charge in [0.2, 0.25) is 0 Å². The molecule has 2 N–H and O–H groups in total. The van der Waals surface area contributed by atoms with Crippen LogP contribution in [0.3, 0.4) is 0 Å².